The van der Waals surface area contributed by atoms with Crippen LogP contribution in [0.5, 0.6) is 5.75 Å². The lowest BCUT2D eigenvalue weighted by Gasteiger charge is -2.12. The van der Waals surface area contributed by atoms with Crippen molar-refractivity contribution in [2.45, 2.75) is 11.5 Å². The minimum absolute atomic E-state index is 0.0297. The predicted octanol–water partition coefficient (Wildman–Crippen LogP) is 2.52. The molecule has 2 aromatic carbocycles. The van der Waals surface area contributed by atoms with Crippen LogP contribution in [-0.2, 0) is 16.6 Å². The van der Waals surface area contributed by atoms with Crippen LogP contribution in [0.1, 0.15) is 5.56 Å². The summed E-state index contributed by atoms with van der Waals surface area (Å²) < 4.78 is 32.8. The van der Waals surface area contributed by atoms with Crippen LogP contribution in [0, 0.1) is 0 Å². The van der Waals surface area contributed by atoms with Crippen LogP contribution in [0.25, 0.3) is 0 Å². The molecule has 2 rings (SSSR count). The summed E-state index contributed by atoms with van der Waals surface area (Å²) in [5, 5.41) is 0. The molecule has 0 aromatic heterocycles. The molecule has 0 atom stereocenters. The van der Waals surface area contributed by atoms with Crippen molar-refractivity contribution < 1.29 is 13.2 Å². The van der Waals surface area contributed by atoms with E-state index in [1.165, 1.54) is 13.1 Å². The van der Waals surface area contributed by atoms with Crippen molar-refractivity contribution in [2.24, 2.45) is 0 Å². The Labute approximate surface area is 132 Å². The predicted molar refractivity (Wildman–Crippen MR) is 85.6 cm³/mol. The number of rotatable bonds is 5. The van der Waals surface area contributed by atoms with E-state index in [2.05, 4.69) is 20.7 Å². The Bertz CT molecular complexity index is 730. The molecule has 0 aliphatic rings. The van der Waals surface area contributed by atoms with Gasteiger partial charge in [-0.3, -0.25) is 0 Å². The van der Waals surface area contributed by atoms with Crippen molar-refractivity contribution in [2.75, 3.05) is 12.8 Å². The van der Waals surface area contributed by atoms with Crippen molar-refractivity contribution >= 4 is 31.6 Å². The fourth-order valence-electron chi connectivity index (χ4n) is 1.71. The maximum absolute atomic E-state index is 12.0. The van der Waals surface area contributed by atoms with Gasteiger partial charge in [0.15, 0.2) is 0 Å². The Morgan fingerprint density at radius 2 is 1.86 bits per heavy atom. The second-order valence-corrected chi connectivity index (χ2v) is 7.10. The van der Waals surface area contributed by atoms with E-state index in [1.54, 1.807) is 12.1 Å². The molecule has 0 unspecified atom stereocenters. The summed E-state index contributed by atoms with van der Waals surface area (Å²) >= 11 is 3.35. The fraction of sp³-hybridized carbons (Fsp3) is 0.143. The Morgan fingerprint density at radius 1 is 1.19 bits per heavy atom. The number of hydrogen-bond acceptors (Lipinski definition) is 4. The molecule has 0 heterocycles. The van der Waals surface area contributed by atoms with Gasteiger partial charge in [0.25, 0.3) is 0 Å². The molecule has 7 heteroatoms. The van der Waals surface area contributed by atoms with Crippen molar-refractivity contribution in [1.82, 2.24) is 4.72 Å². The number of ether oxygens (including phenoxy) is 1. The third-order valence-corrected chi connectivity index (χ3v) is 4.80. The molecule has 21 heavy (non-hydrogen) atoms. The van der Waals surface area contributed by atoms with E-state index in [1.807, 2.05) is 24.3 Å². The number of nitrogen functional groups attached to an aromatic ring is 1. The number of nitrogens with one attached hydrogen (secondary N) is 1. The lowest BCUT2D eigenvalue weighted by Crippen LogP contribution is -2.19. The second kappa shape index (κ2) is 6.46. The van der Waals surface area contributed by atoms with Gasteiger partial charge < -0.3 is 10.5 Å². The van der Waals surface area contributed by atoms with E-state index in [4.69, 9.17) is 10.5 Å². The van der Waals surface area contributed by atoms with Crippen LogP contribution in [-0.4, -0.2) is 15.5 Å². The normalized spacial score (nSPS) is 11.3. The summed E-state index contributed by atoms with van der Waals surface area (Å²) in [7, 11) is -2.28. The molecule has 0 saturated heterocycles. The highest BCUT2D eigenvalue weighted by molar-refractivity contribution is 9.10. The van der Waals surface area contributed by atoms with E-state index < -0.39 is 10.0 Å². The monoisotopic (exact) mass is 370 g/mol. The first kappa shape index (κ1) is 15.8. The first-order valence-corrected chi connectivity index (χ1v) is 8.40. The van der Waals surface area contributed by atoms with Crippen molar-refractivity contribution in [3.63, 3.8) is 0 Å². The summed E-state index contributed by atoms with van der Waals surface area (Å²) in [6.45, 7) is 0.267. The molecule has 0 saturated carbocycles. The number of nitrogens with two attached hydrogens (primary N) is 1. The molecule has 2 aromatic rings. The summed E-state index contributed by atoms with van der Waals surface area (Å²) in [6, 6.07) is 12.1. The molecule has 3 N–H and O–H groups in total. The van der Waals surface area contributed by atoms with Gasteiger partial charge in [-0.2, -0.15) is 0 Å². The van der Waals surface area contributed by atoms with Crippen LogP contribution < -0.4 is 15.2 Å². The number of hydrogen-bond donors (Lipinski definition) is 2. The van der Waals surface area contributed by atoms with Crippen LogP contribution in [0.15, 0.2) is 51.8 Å². The largest absolute Gasteiger partial charge is 0.487 e. The Morgan fingerprint density at radius 3 is 2.48 bits per heavy atom. The number of sulfonamides is 1. The minimum atomic E-state index is -3.62. The lowest BCUT2D eigenvalue weighted by molar-refractivity contribution is 0.298. The van der Waals surface area contributed by atoms with Gasteiger partial charge in [0, 0.05) is 10.2 Å². The van der Waals surface area contributed by atoms with E-state index in [0.29, 0.717) is 5.69 Å². The number of halogens is 1. The summed E-state index contributed by atoms with van der Waals surface area (Å²) in [5.74, 6) is 0.265. The topological polar surface area (TPSA) is 81.4 Å². The lowest BCUT2D eigenvalue weighted by atomic mass is 10.2. The SMILES string of the molecule is CNS(=O)(=O)c1cc(N)ccc1OCc1ccc(Br)cc1. The third-order valence-electron chi connectivity index (χ3n) is 2.83. The molecule has 0 spiro atoms. The molecular weight excluding hydrogens is 356 g/mol. The van der Waals surface area contributed by atoms with Gasteiger partial charge in [-0.05, 0) is 42.9 Å². The van der Waals surface area contributed by atoms with Gasteiger partial charge >= 0.3 is 0 Å². The van der Waals surface area contributed by atoms with Gasteiger partial charge in [-0.15, -0.1) is 0 Å². The highest BCUT2D eigenvalue weighted by Gasteiger charge is 2.18. The first-order chi connectivity index (χ1) is 9.92. The molecule has 0 aliphatic carbocycles. The Kier molecular flexibility index (Phi) is 4.87. The first-order valence-electron chi connectivity index (χ1n) is 6.12. The van der Waals surface area contributed by atoms with Crippen LogP contribution in [0.3, 0.4) is 0 Å². The van der Waals surface area contributed by atoms with Gasteiger partial charge in [-0.25, -0.2) is 13.1 Å². The highest BCUT2D eigenvalue weighted by Crippen LogP contribution is 2.27. The fourth-order valence-corrected chi connectivity index (χ4v) is 2.87. The molecule has 5 nitrogen and oxygen atoms in total. The minimum Gasteiger partial charge on any atom is -0.487 e. The highest BCUT2D eigenvalue weighted by atomic mass is 79.9. The van der Waals surface area contributed by atoms with Crippen LogP contribution in [0.4, 0.5) is 5.69 Å². The molecule has 0 aliphatic heterocycles. The van der Waals surface area contributed by atoms with Gasteiger partial charge in [-0.1, -0.05) is 28.1 Å². The van der Waals surface area contributed by atoms with E-state index in [0.717, 1.165) is 10.0 Å². The Balaban J connectivity index is 2.26. The average molecular weight is 371 g/mol. The van der Waals surface area contributed by atoms with Gasteiger partial charge in [0.05, 0.1) is 0 Å². The van der Waals surface area contributed by atoms with E-state index in [-0.39, 0.29) is 17.3 Å². The average Bonchev–Trinajstić information content (AvgIpc) is 2.47. The third kappa shape index (κ3) is 3.96. The Hall–Kier alpha value is -1.57. The molecular formula is C14H15BrN2O3S. The van der Waals surface area contributed by atoms with Crippen LogP contribution in [0.2, 0.25) is 0 Å². The quantitative estimate of drug-likeness (QED) is 0.792. The molecule has 0 amide bonds. The summed E-state index contributed by atoms with van der Waals surface area (Å²) in [5.41, 5.74) is 6.94. The maximum Gasteiger partial charge on any atom is 0.244 e. The zero-order valence-corrected chi connectivity index (χ0v) is 13.7. The molecule has 0 fully saturated rings. The zero-order valence-electron chi connectivity index (χ0n) is 11.3. The number of anilines is 1. The smallest absolute Gasteiger partial charge is 0.244 e. The standard InChI is InChI=1S/C14H15BrN2O3S/c1-17-21(18,19)14-8-12(16)6-7-13(14)20-9-10-2-4-11(15)5-3-10/h2-8,17H,9,16H2,1H3. The summed E-state index contributed by atoms with van der Waals surface area (Å²) in [6.07, 6.45) is 0. The molecule has 112 valence electrons. The number of benzene rings is 2. The zero-order chi connectivity index (χ0) is 15.5. The molecule has 0 bridgehead atoms. The second-order valence-electron chi connectivity index (χ2n) is 4.33. The van der Waals surface area contributed by atoms with Crippen LogP contribution >= 0.6 is 15.9 Å². The van der Waals surface area contributed by atoms with E-state index in [9.17, 15) is 8.42 Å². The van der Waals surface area contributed by atoms with Crippen molar-refractivity contribution in [3.8, 4) is 5.75 Å². The molecule has 0 radical (unpaired) electrons. The van der Waals surface area contributed by atoms with Gasteiger partial charge in [0.1, 0.15) is 17.3 Å². The maximum atomic E-state index is 12.0. The van der Waals surface area contributed by atoms with Gasteiger partial charge in [0.2, 0.25) is 10.0 Å². The summed E-state index contributed by atoms with van der Waals surface area (Å²) in [4.78, 5) is 0.0297. The van der Waals surface area contributed by atoms with E-state index >= 15 is 0 Å². The van der Waals surface area contributed by atoms with Crippen molar-refractivity contribution in [3.05, 3.63) is 52.5 Å². The van der Waals surface area contributed by atoms with Crippen molar-refractivity contribution in [1.29, 1.82) is 0 Å².